The lowest BCUT2D eigenvalue weighted by atomic mass is 10.1. The Morgan fingerprint density at radius 1 is 1.24 bits per heavy atom. The SMILES string of the molecule is CCCCC(CC)NCc1cccc(CO)c1. The van der Waals surface area contributed by atoms with Crippen molar-refractivity contribution >= 4 is 0 Å². The molecule has 0 spiro atoms. The van der Waals surface area contributed by atoms with E-state index in [1.807, 2.05) is 12.1 Å². The molecule has 0 aromatic heterocycles. The van der Waals surface area contributed by atoms with E-state index in [1.54, 1.807) is 0 Å². The Labute approximate surface area is 105 Å². The van der Waals surface area contributed by atoms with Gasteiger partial charge in [-0.2, -0.15) is 0 Å². The van der Waals surface area contributed by atoms with Crippen LogP contribution in [-0.2, 0) is 13.2 Å². The van der Waals surface area contributed by atoms with Gasteiger partial charge in [0.1, 0.15) is 0 Å². The molecular weight excluding hydrogens is 210 g/mol. The molecule has 0 aliphatic rings. The van der Waals surface area contributed by atoms with Crippen molar-refractivity contribution < 1.29 is 5.11 Å². The molecule has 2 heteroatoms. The summed E-state index contributed by atoms with van der Waals surface area (Å²) in [6.07, 6.45) is 4.99. The molecule has 1 aromatic rings. The zero-order valence-electron chi connectivity index (χ0n) is 11.1. The molecule has 1 aromatic carbocycles. The Balaban J connectivity index is 2.41. The quantitative estimate of drug-likeness (QED) is 0.725. The zero-order chi connectivity index (χ0) is 12.5. The standard InChI is InChI=1S/C15H25NO/c1-3-5-9-15(4-2)16-11-13-7-6-8-14(10-13)12-17/h6-8,10,15-17H,3-5,9,11-12H2,1-2H3. The Kier molecular flexibility index (Phi) is 6.90. The highest BCUT2D eigenvalue weighted by Gasteiger charge is 2.04. The smallest absolute Gasteiger partial charge is 0.0681 e. The number of aliphatic hydroxyl groups excluding tert-OH is 1. The van der Waals surface area contributed by atoms with Gasteiger partial charge in [-0.05, 0) is 24.0 Å². The molecule has 0 bridgehead atoms. The summed E-state index contributed by atoms with van der Waals surface area (Å²) in [6.45, 7) is 5.49. The van der Waals surface area contributed by atoms with Gasteiger partial charge in [-0.3, -0.25) is 0 Å². The molecule has 1 unspecified atom stereocenters. The molecular formula is C15H25NO. The summed E-state index contributed by atoms with van der Waals surface area (Å²) in [5.41, 5.74) is 2.25. The molecule has 0 fully saturated rings. The van der Waals surface area contributed by atoms with E-state index in [0.717, 1.165) is 12.1 Å². The third kappa shape index (κ3) is 5.33. The van der Waals surface area contributed by atoms with Crippen molar-refractivity contribution in [3.8, 4) is 0 Å². The molecule has 2 nitrogen and oxygen atoms in total. The Hall–Kier alpha value is -0.860. The van der Waals surface area contributed by atoms with Gasteiger partial charge in [0, 0.05) is 12.6 Å². The monoisotopic (exact) mass is 235 g/mol. The van der Waals surface area contributed by atoms with Crippen LogP contribution in [-0.4, -0.2) is 11.1 Å². The van der Waals surface area contributed by atoms with Crippen molar-refractivity contribution in [2.24, 2.45) is 0 Å². The minimum Gasteiger partial charge on any atom is -0.392 e. The summed E-state index contributed by atoms with van der Waals surface area (Å²) in [4.78, 5) is 0. The van der Waals surface area contributed by atoms with E-state index in [2.05, 4.69) is 31.3 Å². The van der Waals surface area contributed by atoms with Gasteiger partial charge in [-0.25, -0.2) is 0 Å². The highest BCUT2D eigenvalue weighted by Crippen LogP contribution is 2.08. The molecule has 17 heavy (non-hydrogen) atoms. The molecule has 0 heterocycles. The van der Waals surface area contributed by atoms with E-state index in [9.17, 15) is 0 Å². The minimum atomic E-state index is 0.126. The average Bonchev–Trinajstić information content (AvgIpc) is 2.39. The van der Waals surface area contributed by atoms with Gasteiger partial charge >= 0.3 is 0 Å². The predicted molar refractivity (Wildman–Crippen MR) is 72.8 cm³/mol. The van der Waals surface area contributed by atoms with Crippen molar-refractivity contribution in [2.45, 2.75) is 58.7 Å². The number of aliphatic hydroxyl groups is 1. The molecule has 1 rings (SSSR count). The number of benzene rings is 1. The van der Waals surface area contributed by atoms with Gasteiger partial charge in [-0.15, -0.1) is 0 Å². The minimum absolute atomic E-state index is 0.126. The Morgan fingerprint density at radius 2 is 2.00 bits per heavy atom. The first kappa shape index (κ1) is 14.2. The van der Waals surface area contributed by atoms with E-state index in [4.69, 9.17) is 5.11 Å². The lowest BCUT2D eigenvalue weighted by Gasteiger charge is -2.16. The first-order valence-electron chi connectivity index (χ1n) is 6.72. The number of nitrogens with one attached hydrogen (secondary N) is 1. The molecule has 96 valence electrons. The maximum Gasteiger partial charge on any atom is 0.0681 e. The maximum absolute atomic E-state index is 9.08. The Morgan fingerprint density at radius 3 is 2.65 bits per heavy atom. The fourth-order valence-corrected chi connectivity index (χ4v) is 2.00. The summed E-state index contributed by atoms with van der Waals surface area (Å²) in [5.74, 6) is 0. The van der Waals surface area contributed by atoms with Crippen LogP contribution in [0.4, 0.5) is 0 Å². The van der Waals surface area contributed by atoms with Crippen molar-refractivity contribution in [2.75, 3.05) is 0 Å². The molecule has 0 saturated heterocycles. The third-order valence-electron chi connectivity index (χ3n) is 3.17. The highest BCUT2D eigenvalue weighted by atomic mass is 16.3. The second-order valence-corrected chi connectivity index (χ2v) is 4.61. The number of hydrogen-bond acceptors (Lipinski definition) is 2. The number of hydrogen-bond donors (Lipinski definition) is 2. The molecule has 0 aliphatic heterocycles. The fraction of sp³-hybridized carbons (Fsp3) is 0.600. The normalized spacial score (nSPS) is 12.6. The molecule has 0 saturated carbocycles. The summed E-state index contributed by atoms with van der Waals surface area (Å²) < 4.78 is 0. The number of unbranched alkanes of at least 4 members (excludes halogenated alkanes) is 1. The van der Waals surface area contributed by atoms with Crippen LogP contribution >= 0.6 is 0 Å². The maximum atomic E-state index is 9.08. The second-order valence-electron chi connectivity index (χ2n) is 4.61. The topological polar surface area (TPSA) is 32.3 Å². The van der Waals surface area contributed by atoms with Crippen LogP contribution in [0.1, 0.15) is 50.7 Å². The van der Waals surface area contributed by atoms with Gasteiger partial charge in [0.2, 0.25) is 0 Å². The van der Waals surface area contributed by atoms with Crippen molar-refractivity contribution in [1.82, 2.24) is 5.32 Å². The second kappa shape index (κ2) is 8.26. The molecule has 0 aliphatic carbocycles. The van der Waals surface area contributed by atoms with Crippen LogP contribution in [0.15, 0.2) is 24.3 Å². The van der Waals surface area contributed by atoms with Crippen LogP contribution < -0.4 is 5.32 Å². The van der Waals surface area contributed by atoms with Crippen LogP contribution in [0.5, 0.6) is 0 Å². The first-order chi connectivity index (χ1) is 8.30. The van der Waals surface area contributed by atoms with Crippen molar-refractivity contribution in [3.63, 3.8) is 0 Å². The predicted octanol–water partition coefficient (Wildman–Crippen LogP) is 3.24. The first-order valence-corrected chi connectivity index (χ1v) is 6.72. The van der Waals surface area contributed by atoms with Crippen LogP contribution in [0.2, 0.25) is 0 Å². The van der Waals surface area contributed by atoms with Crippen molar-refractivity contribution in [1.29, 1.82) is 0 Å². The Bertz CT molecular complexity index is 312. The van der Waals surface area contributed by atoms with Gasteiger partial charge in [0.15, 0.2) is 0 Å². The fourth-order valence-electron chi connectivity index (χ4n) is 2.00. The van der Waals surface area contributed by atoms with Gasteiger partial charge in [0.05, 0.1) is 6.61 Å². The summed E-state index contributed by atoms with van der Waals surface area (Å²) >= 11 is 0. The molecule has 1 atom stereocenters. The van der Waals surface area contributed by atoms with E-state index < -0.39 is 0 Å². The van der Waals surface area contributed by atoms with Crippen LogP contribution in [0.3, 0.4) is 0 Å². The highest BCUT2D eigenvalue weighted by molar-refractivity contribution is 5.22. The third-order valence-corrected chi connectivity index (χ3v) is 3.17. The summed E-state index contributed by atoms with van der Waals surface area (Å²) in [7, 11) is 0. The zero-order valence-corrected chi connectivity index (χ0v) is 11.1. The molecule has 0 radical (unpaired) electrons. The van der Waals surface area contributed by atoms with E-state index >= 15 is 0 Å². The van der Waals surface area contributed by atoms with E-state index in [1.165, 1.54) is 31.2 Å². The van der Waals surface area contributed by atoms with Gasteiger partial charge in [-0.1, -0.05) is 51.0 Å². The van der Waals surface area contributed by atoms with Gasteiger partial charge < -0.3 is 10.4 Å². The van der Waals surface area contributed by atoms with E-state index in [-0.39, 0.29) is 6.61 Å². The van der Waals surface area contributed by atoms with Crippen molar-refractivity contribution in [3.05, 3.63) is 35.4 Å². The summed E-state index contributed by atoms with van der Waals surface area (Å²) in [5, 5.41) is 12.7. The van der Waals surface area contributed by atoms with Gasteiger partial charge in [0.25, 0.3) is 0 Å². The average molecular weight is 235 g/mol. The molecule has 0 amide bonds. The molecule has 2 N–H and O–H groups in total. The largest absolute Gasteiger partial charge is 0.392 e. The number of rotatable bonds is 8. The lowest BCUT2D eigenvalue weighted by molar-refractivity contribution is 0.281. The van der Waals surface area contributed by atoms with Crippen LogP contribution in [0, 0.1) is 0 Å². The summed E-state index contributed by atoms with van der Waals surface area (Å²) in [6, 6.07) is 8.76. The van der Waals surface area contributed by atoms with E-state index in [0.29, 0.717) is 6.04 Å². The van der Waals surface area contributed by atoms with Crippen LogP contribution in [0.25, 0.3) is 0 Å². The lowest BCUT2D eigenvalue weighted by Crippen LogP contribution is -2.27.